The molecule has 2 aromatic rings. The molecule has 0 aliphatic carbocycles. The lowest BCUT2D eigenvalue weighted by atomic mass is 9.93. The molecule has 0 radical (unpaired) electrons. The fraction of sp³-hybridized carbons (Fsp3) is 0.444. The zero-order valence-electron chi connectivity index (χ0n) is 14.7. The molecule has 3 rings (SSSR count). The number of benzene rings is 1. The predicted molar refractivity (Wildman–Crippen MR) is 94.4 cm³/mol. The molecular weight excluding hydrogens is 339 g/mol. The number of aryl methyl sites for hydroxylation is 1. The van der Waals surface area contributed by atoms with E-state index < -0.39 is 5.60 Å². The van der Waals surface area contributed by atoms with Gasteiger partial charge in [0.05, 0.1) is 6.54 Å². The maximum absolute atomic E-state index is 12.9. The highest BCUT2D eigenvalue weighted by atomic mass is 19.1. The molecule has 8 heteroatoms. The van der Waals surface area contributed by atoms with E-state index in [2.05, 4.69) is 10.4 Å². The second-order valence-electron chi connectivity index (χ2n) is 6.70. The van der Waals surface area contributed by atoms with Gasteiger partial charge in [-0.15, -0.1) is 0 Å². The number of aliphatic hydroxyl groups is 1. The van der Waals surface area contributed by atoms with Gasteiger partial charge in [0.1, 0.15) is 23.8 Å². The van der Waals surface area contributed by atoms with Crippen molar-refractivity contribution in [2.24, 2.45) is 7.05 Å². The number of carbonyl (C=O) groups excluding carboxylic acids is 1. The number of ether oxygens (including phenoxy) is 1. The number of halogens is 1. The minimum absolute atomic E-state index is 0.0942. The van der Waals surface area contributed by atoms with Crippen LogP contribution < -0.4 is 10.1 Å². The van der Waals surface area contributed by atoms with Gasteiger partial charge in [0.25, 0.3) is 0 Å². The highest BCUT2D eigenvalue weighted by Gasteiger charge is 2.34. The SMILES string of the molecule is Cn1ccc(NC(=O)CN2CCC[C@](O)(COc3ccc(F)cc3)C2)n1. The van der Waals surface area contributed by atoms with Gasteiger partial charge < -0.3 is 15.2 Å². The topological polar surface area (TPSA) is 79.6 Å². The molecule has 26 heavy (non-hydrogen) atoms. The van der Waals surface area contributed by atoms with Crippen molar-refractivity contribution in [2.45, 2.75) is 18.4 Å². The van der Waals surface area contributed by atoms with E-state index in [4.69, 9.17) is 4.74 Å². The van der Waals surface area contributed by atoms with Gasteiger partial charge in [0.2, 0.25) is 5.91 Å². The second-order valence-corrected chi connectivity index (χ2v) is 6.70. The molecule has 1 atom stereocenters. The Bertz CT molecular complexity index is 749. The van der Waals surface area contributed by atoms with Crippen LogP contribution in [0.1, 0.15) is 12.8 Å². The fourth-order valence-electron chi connectivity index (χ4n) is 3.07. The Kier molecular flexibility index (Phi) is 5.53. The predicted octanol–water partition coefficient (Wildman–Crippen LogP) is 1.40. The summed E-state index contributed by atoms with van der Waals surface area (Å²) >= 11 is 0. The Balaban J connectivity index is 1.50. The van der Waals surface area contributed by atoms with E-state index in [0.29, 0.717) is 24.5 Å². The van der Waals surface area contributed by atoms with Gasteiger partial charge in [-0.25, -0.2) is 4.39 Å². The number of likely N-dealkylation sites (tertiary alicyclic amines) is 1. The number of rotatable bonds is 6. The second kappa shape index (κ2) is 7.84. The lowest BCUT2D eigenvalue weighted by Gasteiger charge is -2.38. The third-order valence-corrected chi connectivity index (χ3v) is 4.30. The van der Waals surface area contributed by atoms with Crippen LogP contribution in [0.2, 0.25) is 0 Å². The molecule has 1 fully saturated rings. The van der Waals surface area contributed by atoms with E-state index in [1.807, 2.05) is 4.90 Å². The van der Waals surface area contributed by atoms with E-state index in [9.17, 15) is 14.3 Å². The molecule has 1 aromatic carbocycles. The Labute approximate surface area is 151 Å². The van der Waals surface area contributed by atoms with Gasteiger partial charge in [0.15, 0.2) is 5.82 Å². The van der Waals surface area contributed by atoms with E-state index in [1.54, 1.807) is 24.0 Å². The lowest BCUT2D eigenvalue weighted by molar-refractivity contribution is -0.119. The standard InChI is InChI=1S/C18H23FN4O3/c1-22-10-7-16(21-22)20-17(24)11-23-9-2-8-18(25,12-23)13-26-15-5-3-14(19)4-6-15/h3-7,10,25H,2,8-9,11-13H2,1H3,(H,20,21,24)/t18-/m1/s1. The molecule has 0 spiro atoms. The first-order valence-corrected chi connectivity index (χ1v) is 8.54. The largest absolute Gasteiger partial charge is 0.491 e. The summed E-state index contributed by atoms with van der Waals surface area (Å²) in [7, 11) is 1.78. The van der Waals surface area contributed by atoms with Crippen LogP contribution in [-0.2, 0) is 11.8 Å². The van der Waals surface area contributed by atoms with Crippen LogP contribution in [0.5, 0.6) is 5.75 Å². The molecule has 1 amide bonds. The third kappa shape index (κ3) is 5.03. The summed E-state index contributed by atoms with van der Waals surface area (Å²) in [6.07, 6.45) is 3.11. The molecule has 1 aromatic heterocycles. The number of aromatic nitrogens is 2. The maximum Gasteiger partial charge on any atom is 0.239 e. The molecular formula is C18H23FN4O3. The van der Waals surface area contributed by atoms with E-state index in [1.165, 1.54) is 24.3 Å². The van der Waals surface area contributed by atoms with Crippen molar-refractivity contribution in [1.82, 2.24) is 14.7 Å². The number of hydrogen-bond acceptors (Lipinski definition) is 5. The third-order valence-electron chi connectivity index (χ3n) is 4.30. The Morgan fingerprint density at radius 2 is 2.15 bits per heavy atom. The van der Waals surface area contributed by atoms with Gasteiger partial charge in [-0.2, -0.15) is 5.10 Å². The van der Waals surface area contributed by atoms with Gasteiger partial charge in [-0.3, -0.25) is 14.4 Å². The van der Waals surface area contributed by atoms with E-state index >= 15 is 0 Å². The minimum atomic E-state index is -1.04. The molecule has 0 bridgehead atoms. The zero-order valence-corrected chi connectivity index (χ0v) is 14.7. The number of piperidine rings is 1. The lowest BCUT2D eigenvalue weighted by Crippen LogP contribution is -2.53. The summed E-state index contributed by atoms with van der Waals surface area (Å²) in [6, 6.07) is 7.41. The molecule has 140 valence electrons. The first-order valence-electron chi connectivity index (χ1n) is 8.54. The number of carbonyl (C=O) groups is 1. The number of hydrogen-bond donors (Lipinski definition) is 2. The number of β-amino-alcohol motifs (C(OH)–C–C–N with tert-alkyl or cyclic N) is 1. The van der Waals surface area contributed by atoms with E-state index in [0.717, 1.165) is 13.0 Å². The first-order chi connectivity index (χ1) is 12.4. The molecule has 0 saturated carbocycles. The summed E-state index contributed by atoms with van der Waals surface area (Å²) < 4.78 is 20.1. The van der Waals surface area contributed by atoms with Crippen molar-refractivity contribution in [3.05, 3.63) is 42.3 Å². The molecule has 0 unspecified atom stereocenters. The average Bonchev–Trinajstić information content (AvgIpc) is 2.99. The summed E-state index contributed by atoms with van der Waals surface area (Å²) in [5, 5.41) is 17.6. The van der Waals surface area contributed by atoms with Gasteiger partial charge in [-0.1, -0.05) is 0 Å². The van der Waals surface area contributed by atoms with Crippen LogP contribution in [0, 0.1) is 5.82 Å². The summed E-state index contributed by atoms with van der Waals surface area (Å²) in [4.78, 5) is 14.1. The van der Waals surface area contributed by atoms with Crippen molar-refractivity contribution in [3.63, 3.8) is 0 Å². The van der Waals surface area contributed by atoms with Crippen molar-refractivity contribution >= 4 is 11.7 Å². The van der Waals surface area contributed by atoms with Crippen LogP contribution in [0.4, 0.5) is 10.2 Å². The van der Waals surface area contributed by atoms with Crippen LogP contribution in [0.25, 0.3) is 0 Å². The molecule has 7 nitrogen and oxygen atoms in total. The molecule has 1 aliphatic heterocycles. The van der Waals surface area contributed by atoms with Crippen LogP contribution in [0.3, 0.4) is 0 Å². The molecule has 2 heterocycles. The summed E-state index contributed by atoms with van der Waals surface area (Å²) in [5.74, 6) is 0.500. The first kappa shape index (κ1) is 18.3. The monoisotopic (exact) mass is 362 g/mol. The number of anilines is 1. The summed E-state index contributed by atoms with van der Waals surface area (Å²) in [6.45, 7) is 1.34. The quantitative estimate of drug-likeness (QED) is 0.812. The fourth-order valence-corrected chi connectivity index (χ4v) is 3.07. The minimum Gasteiger partial charge on any atom is -0.491 e. The Hall–Kier alpha value is -2.45. The van der Waals surface area contributed by atoms with Gasteiger partial charge in [-0.05, 0) is 43.7 Å². The van der Waals surface area contributed by atoms with Crippen molar-refractivity contribution in [3.8, 4) is 5.75 Å². The Morgan fingerprint density at radius 1 is 1.38 bits per heavy atom. The van der Waals surface area contributed by atoms with Gasteiger partial charge in [0, 0.05) is 25.9 Å². The van der Waals surface area contributed by atoms with E-state index in [-0.39, 0.29) is 24.9 Å². The molecule has 1 aliphatic rings. The van der Waals surface area contributed by atoms with Crippen LogP contribution in [0.15, 0.2) is 36.5 Å². The number of amides is 1. The maximum atomic E-state index is 12.9. The van der Waals surface area contributed by atoms with Crippen molar-refractivity contribution in [2.75, 3.05) is 31.6 Å². The van der Waals surface area contributed by atoms with Crippen LogP contribution >= 0.6 is 0 Å². The summed E-state index contributed by atoms with van der Waals surface area (Å²) in [5.41, 5.74) is -1.04. The number of nitrogens with one attached hydrogen (secondary N) is 1. The normalized spacial score (nSPS) is 20.7. The molecule has 2 N–H and O–H groups in total. The van der Waals surface area contributed by atoms with Crippen LogP contribution in [-0.4, -0.2) is 57.5 Å². The average molecular weight is 362 g/mol. The Morgan fingerprint density at radius 3 is 2.85 bits per heavy atom. The van der Waals surface area contributed by atoms with Crippen molar-refractivity contribution in [1.29, 1.82) is 0 Å². The van der Waals surface area contributed by atoms with Gasteiger partial charge >= 0.3 is 0 Å². The highest BCUT2D eigenvalue weighted by Crippen LogP contribution is 2.23. The zero-order chi connectivity index (χ0) is 18.6. The number of nitrogens with zero attached hydrogens (tertiary/aromatic N) is 3. The van der Waals surface area contributed by atoms with Crippen molar-refractivity contribution < 1.29 is 19.0 Å². The smallest absolute Gasteiger partial charge is 0.239 e. The highest BCUT2D eigenvalue weighted by molar-refractivity contribution is 5.91. The molecule has 1 saturated heterocycles.